The Morgan fingerprint density at radius 1 is 0.900 bits per heavy atom. The predicted octanol–water partition coefficient (Wildman–Crippen LogP) is 4.52. The fraction of sp³-hybridized carbons (Fsp3) is 0.0417. The third-order valence-corrected chi connectivity index (χ3v) is 5.04. The van der Waals surface area contributed by atoms with E-state index >= 15 is 0 Å². The van der Waals surface area contributed by atoms with Gasteiger partial charge in [-0.2, -0.15) is 5.10 Å². The van der Waals surface area contributed by atoms with E-state index in [4.69, 9.17) is 0 Å². The van der Waals surface area contributed by atoms with E-state index in [1.165, 1.54) is 6.33 Å². The molecule has 0 saturated carbocycles. The van der Waals surface area contributed by atoms with Crippen LogP contribution < -0.4 is 5.32 Å². The van der Waals surface area contributed by atoms with Gasteiger partial charge in [-0.25, -0.2) is 9.67 Å². The smallest absolute Gasteiger partial charge is 0.272 e. The van der Waals surface area contributed by atoms with Gasteiger partial charge in [-0.3, -0.25) is 4.79 Å². The van der Waals surface area contributed by atoms with Crippen molar-refractivity contribution in [1.29, 1.82) is 0 Å². The Morgan fingerprint density at radius 3 is 2.43 bits per heavy atom. The highest BCUT2D eigenvalue weighted by Gasteiger charge is 2.16. The second-order valence-corrected chi connectivity index (χ2v) is 7.00. The van der Waals surface area contributed by atoms with Crippen molar-refractivity contribution in [3.63, 3.8) is 0 Å². The summed E-state index contributed by atoms with van der Waals surface area (Å²) in [5.41, 5.74) is 4.41. The number of hydrogen-bond donors (Lipinski definition) is 1. The minimum Gasteiger partial charge on any atom is -0.332 e. The molecule has 5 rings (SSSR count). The van der Waals surface area contributed by atoms with Crippen molar-refractivity contribution in [2.75, 3.05) is 5.32 Å². The molecule has 0 aliphatic carbocycles. The molecule has 0 atom stereocenters. The van der Waals surface area contributed by atoms with E-state index in [-0.39, 0.29) is 5.91 Å². The zero-order valence-corrected chi connectivity index (χ0v) is 16.1. The molecule has 0 radical (unpaired) electrons. The number of nitrogens with one attached hydrogen (secondary N) is 1. The number of para-hydroxylation sites is 1. The largest absolute Gasteiger partial charge is 0.332 e. The Hall–Kier alpha value is -4.19. The van der Waals surface area contributed by atoms with Crippen LogP contribution >= 0.6 is 0 Å². The molecule has 0 aliphatic heterocycles. The summed E-state index contributed by atoms with van der Waals surface area (Å²) in [4.78, 5) is 17.1. The highest BCUT2D eigenvalue weighted by molar-refractivity contribution is 6.06. The van der Waals surface area contributed by atoms with Gasteiger partial charge >= 0.3 is 0 Å². The SMILES string of the molecule is O=C(Nc1ccc(-n2cncn2)cc1)c1cc2ccccc2n1Cc1ccccc1. The van der Waals surface area contributed by atoms with Crippen molar-refractivity contribution in [2.45, 2.75) is 6.54 Å². The number of amides is 1. The maximum atomic E-state index is 13.1. The summed E-state index contributed by atoms with van der Waals surface area (Å²) in [6.45, 7) is 0.627. The summed E-state index contributed by atoms with van der Waals surface area (Å²) < 4.78 is 3.73. The lowest BCUT2D eigenvalue weighted by molar-refractivity contribution is 0.101. The number of benzene rings is 3. The quantitative estimate of drug-likeness (QED) is 0.477. The van der Waals surface area contributed by atoms with E-state index in [1.54, 1.807) is 11.0 Å². The van der Waals surface area contributed by atoms with Gasteiger partial charge in [-0.1, -0.05) is 48.5 Å². The molecule has 30 heavy (non-hydrogen) atoms. The average molecular weight is 393 g/mol. The number of nitrogens with zero attached hydrogens (tertiary/aromatic N) is 4. The number of carbonyl (C=O) groups is 1. The number of anilines is 1. The molecule has 1 N–H and O–H groups in total. The molecule has 0 unspecified atom stereocenters. The first kappa shape index (κ1) is 17.9. The highest BCUT2D eigenvalue weighted by Crippen LogP contribution is 2.23. The van der Waals surface area contributed by atoms with E-state index in [2.05, 4.69) is 32.1 Å². The standard InChI is InChI=1S/C24H19N5O/c30-24(27-20-10-12-21(13-11-20)29-17-25-16-26-29)23-14-19-8-4-5-9-22(19)28(23)15-18-6-2-1-3-7-18/h1-14,16-17H,15H2,(H,27,30). The van der Waals surface area contributed by atoms with E-state index in [0.717, 1.165) is 27.8 Å². The van der Waals surface area contributed by atoms with Crippen molar-refractivity contribution >= 4 is 22.5 Å². The van der Waals surface area contributed by atoms with Gasteiger partial charge in [0.15, 0.2) is 0 Å². The van der Waals surface area contributed by atoms with Crippen molar-refractivity contribution in [3.8, 4) is 5.69 Å². The van der Waals surface area contributed by atoms with Crippen LogP contribution in [0.3, 0.4) is 0 Å². The Kier molecular flexibility index (Phi) is 4.57. The lowest BCUT2D eigenvalue weighted by Crippen LogP contribution is -2.17. The molecule has 6 heteroatoms. The van der Waals surface area contributed by atoms with E-state index in [9.17, 15) is 4.79 Å². The summed E-state index contributed by atoms with van der Waals surface area (Å²) >= 11 is 0. The third-order valence-electron chi connectivity index (χ3n) is 5.04. The molecular formula is C24H19N5O. The first-order valence-corrected chi connectivity index (χ1v) is 9.66. The second kappa shape index (κ2) is 7.67. The van der Waals surface area contributed by atoms with Crippen LogP contribution in [-0.4, -0.2) is 25.2 Å². The summed E-state index contributed by atoms with van der Waals surface area (Å²) in [5.74, 6) is -0.143. The van der Waals surface area contributed by atoms with Crippen molar-refractivity contribution in [3.05, 3.63) is 109 Å². The number of carbonyl (C=O) groups excluding carboxylic acids is 1. The lowest BCUT2D eigenvalue weighted by Gasteiger charge is -2.12. The Balaban J connectivity index is 1.45. The number of fused-ring (bicyclic) bond motifs is 1. The van der Waals surface area contributed by atoms with Crippen molar-refractivity contribution in [2.24, 2.45) is 0 Å². The van der Waals surface area contributed by atoms with Crippen LogP contribution in [0.1, 0.15) is 16.1 Å². The van der Waals surface area contributed by atoms with Crippen molar-refractivity contribution < 1.29 is 4.79 Å². The predicted molar refractivity (Wildman–Crippen MR) is 117 cm³/mol. The topological polar surface area (TPSA) is 64.7 Å². The molecule has 0 aliphatic rings. The number of hydrogen-bond acceptors (Lipinski definition) is 3. The van der Waals surface area contributed by atoms with Gasteiger partial charge in [0.25, 0.3) is 5.91 Å². The second-order valence-electron chi connectivity index (χ2n) is 7.00. The maximum Gasteiger partial charge on any atom is 0.272 e. The lowest BCUT2D eigenvalue weighted by atomic mass is 10.2. The van der Waals surface area contributed by atoms with Gasteiger partial charge in [0.1, 0.15) is 18.3 Å². The molecule has 3 aromatic carbocycles. The highest BCUT2D eigenvalue weighted by atomic mass is 16.1. The molecule has 0 fully saturated rings. The van der Waals surface area contributed by atoms with Crippen LogP contribution in [0.5, 0.6) is 0 Å². The summed E-state index contributed by atoms with van der Waals surface area (Å²) in [5, 5.41) is 8.17. The molecule has 2 heterocycles. The molecule has 0 bridgehead atoms. The minimum atomic E-state index is -0.143. The van der Waals surface area contributed by atoms with Gasteiger partial charge in [0.05, 0.1) is 5.69 Å². The van der Waals surface area contributed by atoms with Crippen LogP contribution in [0, 0.1) is 0 Å². The molecule has 146 valence electrons. The van der Waals surface area contributed by atoms with E-state index in [1.807, 2.05) is 72.8 Å². The van der Waals surface area contributed by atoms with Gasteiger partial charge < -0.3 is 9.88 Å². The molecular weight excluding hydrogens is 374 g/mol. The molecule has 0 spiro atoms. The van der Waals surface area contributed by atoms with Crippen molar-refractivity contribution in [1.82, 2.24) is 19.3 Å². The summed E-state index contributed by atoms with van der Waals surface area (Å²) in [6.07, 6.45) is 3.12. The van der Waals surface area contributed by atoms with Crippen LogP contribution in [0.2, 0.25) is 0 Å². The molecule has 0 saturated heterocycles. The zero-order chi connectivity index (χ0) is 20.3. The Morgan fingerprint density at radius 2 is 1.67 bits per heavy atom. The van der Waals surface area contributed by atoms with E-state index in [0.29, 0.717) is 12.2 Å². The minimum absolute atomic E-state index is 0.143. The van der Waals surface area contributed by atoms with E-state index < -0.39 is 0 Å². The number of rotatable bonds is 5. The van der Waals surface area contributed by atoms with Crippen LogP contribution in [-0.2, 0) is 6.54 Å². The van der Waals surface area contributed by atoms with Crippen LogP contribution in [0.15, 0.2) is 97.6 Å². The maximum absolute atomic E-state index is 13.1. The average Bonchev–Trinajstić information content (AvgIpc) is 3.44. The Labute approximate surface area is 173 Å². The third kappa shape index (κ3) is 3.46. The monoisotopic (exact) mass is 393 g/mol. The first-order chi connectivity index (χ1) is 14.8. The first-order valence-electron chi connectivity index (χ1n) is 9.66. The van der Waals surface area contributed by atoms with Crippen LogP contribution in [0.4, 0.5) is 5.69 Å². The van der Waals surface area contributed by atoms with Gasteiger partial charge in [0.2, 0.25) is 0 Å². The summed E-state index contributed by atoms with van der Waals surface area (Å²) in [6, 6.07) is 27.7. The number of aromatic nitrogens is 4. The van der Waals surface area contributed by atoms with Gasteiger partial charge in [-0.05, 0) is 42.0 Å². The zero-order valence-electron chi connectivity index (χ0n) is 16.1. The van der Waals surface area contributed by atoms with Gasteiger partial charge in [0, 0.05) is 23.1 Å². The summed E-state index contributed by atoms with van der Waals surface area (Å²) in [7, 11) is 0. The molecule has 6 nitrogen and oxygen atoms in total. The molecule has 1 amide bonds. The normalized spacial score (nSPS) is 10.9. The van der Waals surface area contributed by atoms with Crippen LogP contribution in [0.25, 0.3) is 16.6 Å². The Bertz CT molecular complexity index is 1290. The molecule has 5 aromatic rings. The molecule has 2 aromatic heterocycles. The van der Waals surface area contributed by atoms with Gasteiger partial charge in [-0.15, -0.1) is 0 Å². The fourth-order valence-corrected chi connectivity index (χ4v) is 3.57. The fourth-order valence-electron chi connectivity index (χ4n) is 3.57.